The van der Waals surface area contributed by atoms with Gasteiger partial charge in [0.2, 0.25) is 15.9 Å². The number of rotatable bonds is 5. The average Bonchev–Trinajstić information content (AvgIpc) is 2.52. The molecular formula is C14H17N3O4S. The number of piperidine rings is 1. The van der Waals surface area contributed by atoms with Crippen molar-refractivity contribution < 1.29 is 17.9 Å². The number of sulfonamides is 1. The van der Waals surface area contributed by atoms with Crippen LogP contribution in [0.2, 0.25) is 0 Å². The van der Waals surface area contributed by atoms with E-state index in [1.54, 1.807) is 0 Å². The molecule has 1 saturated heterocycles. The fourth-order valence-electron chi connectivity index (χ4n) is 2.33. The Morgan fingerprint density at radius 2 is 2.18 bits per heavy atom. The van der Waals surface area contributed by atoms with Gasteiger partial charge in [-0.3, -0.25) is 4.79 Å². The number of carbonyl (C=O) groups excluding carboxylic acids is 1. The van der Waals surface area contributed by atoms with Crippen molar-refractivity contribution in [1.82, 2.24) is 9.29 Å². The number of ether oxygens (including phenoxy) is 1. The lowest BCUT2D eigenvalue weighted by atomic mass is 9.99. The van der Waals surface area contributed by atoms with E-state index in [2.05, 4.69) is 4.98 Å². The quantitative estimate of drug-likeness (QED) is 0.744. The molecule has 0 atom stereocenters. The summed E-state index contributed by atoms with van der Waals surface area (Å²) >= 11 is 0. The van der Waals surface area contributed by atoms with Crippen molar-refractivity contribution in [2.45, 2.75) is 12.8 Å². The van der Waals surface area contributed by atoms with Crippen LogP contribution < -0.4 is 4.74 Å². The summed E-state index contributed by atoms with van der Waals surface area (Å²) in [7, 11) is -3.13. The lowest BCUT2D eigenvalue weighted by Gasteiger charge is -2.29. The summed E-state index contributed by atoms with van der Waals surface area (Å²) in [5.41, 5.74) is 0.545. The highest BCUT2D eigenvalue weighted by atomic mass is 32.2. The van der Waals surface area contributed by atoms with Crippen LogP contribution in [0.15, 0.2) is 12.3 Å². The molecule has 1 aliphatic heterocycles. The van der Waals surface area contributed by atoms with E-state index in [9.17, 15) is 13.2 Å². The minimum Gasteiger partial charge on any atom is -0.476 e. The minimum atomic E-state index is -3.13. The van der Waals surface area contributed by atoms with Crippen LogP contribution >= 0.6 is 0 Å². The van der Waals surface area contributed by atoms with Gasteiger partial charge in [-0.1, -0.05) is 0 Å². The topological polar surface area (TPSA) is 100 Å². The van der Waals surface area contributed by atoms with Crippen LogP contribution in [0, 0.1) is 17.2 Å². The fraction of sp³-hybridized carbons (Fsp3) is 0.500. The molecule has 0 aliphatic carbocycles. The molecule has 2 rings (SSSR count). The van der Waals surface area contributed by atoms with Gasteiger partial charge in [0.25, 0.3) is 0 Å². The molecule has 7 nitrogen and oxygen atoms in total. The van der Waals surface area contributed by atoms with Crippen molar-refractivity contribution in [3.8, 4) is 11.9 Å². The first-order valence-corrected chi connectivity index (χ1v) is 8.72. The maximum absolute atomic E-state index is 11.4. The third-order valence-corrected chi connectivity index (χ3v) is 4.93. The van der Waals surface area contributed by atoms with Crippen LogP contribution in [0.5, 0.6) is 5.88 Å². The first kappa shape index (κ1) is 16.4. The van der Waals surface area contributed by atoms with Crippen molar-refractivity contribution in [3.63, 3.8) is 0 Å². The van der Waals surface area contributed by atoms with Gasteiger partial charge in [-0.15, -0.1) is 0 Å². The van der Waals surface area contributed by atoms with Crippen LogP contribution in [0.25, 0.3) is 0 Å². The van der Waals surface area contributed by atoms with Gasteiger partial charge in [0.15, 0.2) is 6.29 Å². The molecule has 2 heterocycles. The molecule has 1 aliphatic rings. The summed E-state index contributed by atoms with van der Waals surface area (Å²) < 4.78 is 29.9. The van der Waals surface area contributed by atoms with Crippen LogP contribution in [0.3, 0.4) is 0 Å². The highest BCUT2D eigenvalue weighted by molar-refractivity contribution is 7.88. The lowest BCUT2D eigenvalue weighted by Crippen LogP contribution is -2.39. The van der Waals surface area contributed by atoms with Crippen molar-refractivity contribution in [2.75, 3.05) is 26.0 Å². The molecule has 0 spiro atoms. The van der Waals surface area contributed by atoms with Crippen molar-refractivity contribution in [1.29, 1.82) is 5.26 Å². The maximum atomic E-state index is 11.4. The lowest BCUT2D eigenvalue weighted by molar-refractivity contribution is 0.112. The normalized spacial score (nSPS) is 16.9. The first-order valence-electron chi connectivity index (χ1n) is 6.87. The van der Waals surface area contributed by atoms with Crippen LogP contribution in [-0.2, 0) is 10.0 Å². The molecule has 0 unspecified atom stereocenters. The summed E-state index contributed by atoms with van der Waals surface area (Å²) in [6.45, 7) is 1.34. The third-order valence-electron chi connectivity index (χ3n) is 3.63. The predicted molar refractivity (Wildman–Crippen MR) is 79.0 cm³/mol. The van der Waals surface area contributed by atoms with Crippen LogP contribution in [-0.4, -0.2) is 49.9 Å². The molecule has 1 aromatic heterocycles. The monoisotopic (exact) mass is 323 g/mol. The Morgan fingerprint density at radius 3 is 2.73 bits per heavy atom. The fourth-order valence-corrected chi connectivity index (χ4v) is 3.21. The van der Waals surface area contributed by atoms with E-state index in [0.717, 1.165) is 0 Å². The second-order valence-corrected chi connectivity index (χ2v) is 7.25. The second kappa shape index (κ2) is 6.85. The summed E-state index contributed by atoms with van der Waals surface area (Å²) in [6.07, 6.45) is 4.61. The standard InChI is InChI=1S/C14H17N3O4S/c1-22(19,20)17-4-2-11(3-5-17)10-21-14-13(7-15)6-12(9-18)8-16-14/h6,8-9,11H,2-5,10H2,1H3. The highest BCUT2D eigenvalue weighted by Crippen LogP contribution is 2.21. The minimum absolute atomic E-state index is 0.207. The number of hydrogen-bond acceptors (Lipinski definition) is 6. The zero-order valence-corrected chi connectivity index (χ0v) is 13.0. The number of aromatic nitrogens is 1. The summed E-state index contributed by atoms with van der Waals surface area (Å²) in [5.74, 6) is 0.427. The zero-order valence-electron chi connectivity index (χ0n) is 12.2. The largest absolute Gasteiger partial charge is 0.476 e. The van der Waals surface area contributed by atoms with Gasteiger partial charge in [0.05, 0.1) is 12.9 Å². The third kappa shape index (κ3) is 4.02. The van der Waals surface area contributed by atoms with Crippen molar-refractivity contribution in [2.24, 2.45) is 5.92 Å². The summed E-state index contributed by atoms with van der Waals surface area (Å²) in [5, 5.41) is 9.04. The van der Waals surface area contributed by atoms with E-state index in [4.69, 9.17) is 10.00 Å². The van der Waals surface area contributed by atoms with Gasteiger partial charge in [0, 0.05) is 24.8 Å². The van der Waals surface area contributed by atoms with Crippen molar-refractivity contribution >= 4 is 16.3 Å². The van der Waals surface area contributed by atoms with Gasteiger partial charge < -0.3 is 4.74 Å². The van der Waals surface area contributed by atoms with Crippen LogP contribution in [0.4, 0.5) is 0 Å². The molecule has 0 aromatic carbocycles. The summed E-state index contributed by atoms with van der Waals surface area (Å²) in [6, 6.07) is 3.38. The number of nitrogens with zero attached hydrogens (tertiary/aromatic N) is 3. The van der Waals surface area contributed by atoms with Crippen molar-refractivity contribution in [3.05, 3.63) is 23.4 Å². The maximum Gasteiger partial charge on any atom is 0.231 e. The SMILES string of the molecule is CS(=O)(=O)N1CCC(COc2ncc(C=O)cc2C#N)CC1. The van der Waals surface area contributed by atoms with Crippen LogP contribution in [0.1, 0.15) is 28.8 Å². The molecule has 22 heavy (non-hydrogen) atoms. The van der Waals surface area contributed by atoms with Gasteiger partial charge >= 0.3 is 0 Å². The Kier molecular flexibility index (Phi) is 5.11. The molecule has 0 bridgehead atoms. The molecule has 0 N–H and O–H groups in total. The van der Waals surface area contributed by atoms with E-state index in [1.165, 1.54) is 22.8 Å². The Hall–Kier alpha value is -1.98. The molecule has 118 valence electrons. The zero-order chi connectivity index (χ0) is 16.2. The Bertz CT molecular complexity index is 689. The molecule has 1 aromatic rings. The smallest absolute Gasteiger partial charge is 0.231 e. The van der Waals surface area contributed by atoms with Gasteiger partial charge in [0.1, 0.15) is 11.6 Å². The number of hydrogen-bond donors (Lipinski definition) is 0. The number of aldehydes is 1. The highest BCUT2D eigenvalue weighted by Gasteiger charge is 2.25. The molecule has 8 heteroatoms. The van der Waals surface area contributed by atoms with Gasteiger partial charge in [-0.05, 0) is 24.8 Å². The number of nitriles is 1. The molecule has 0 saturated carbocycles. The molecule has 0 amide bonds. The first-order chi connectivity index (χ1) is 10.4. The Morgan fingerprint density at radius 1 is 1.50 bits per heavy atom. The predicted octanol–water partition coefficient (Wildman–Crippen LogP) is 0.816. The molecule has 1 fully saturated rings. The van der Waals surface area contributed by atoms with Gasteiger partial charge in [-0.25, -0.2) is 17.7 Å². The molecule has 0 radical (unpaired) electrons. The van der Waals surface area contributed by atoms with E-state index < -0.39 is 10.0 Å². The molecular weight excluding hydrogens is 306 g/mol. The number of carbonyl (C=O) groups is 1. The second-order valence-electron chi connectivity index (χ2n) is 5.27. The Labute approximate surface area is 129 Å². The van der Waals surface area contributed by atoms with Gasteiger partial charge in [-0.2, -0.15) is 5.26 Å². The van der Waals surface area contributed by atoms with E-state index >= 15 is 0 Å². The Balaban J connectivity index is 1.92. The van der Waals surface area contributed by atoms with E-state index in [1.807, 2.05) is 6.07 Å². The summed E-state index contributed by atoms with van der Waals surface area (Å²) in [4.78, 5) is 14.6. The van der Waals surface area contributed by atoms with E-state index in [0.29, 0.717) is 44.4 Å². The number of pyridine rings is 1. The average molecular weight is 323 g/mol. The van der Waals surface area contributed by atoms with E-state index in [-0.39, 0.29) is 17.4 Å².